The molecule has 0 aliphatic heterocycles. The molecular formula is C14H16ClNO3. The summed E-state index contributed by atoms with van der Waals surface area (Å²) in [6.45, 7) is 0. The number of carbonyl (C=O) groups excluding carboxylic acids is 1. The van der Waals surface area contributed by atoms with Crippen molar-refractivity contribution in [3.63, 3.8) is 0 Å². The van der Waals surface area contributed by atoms with E-state index in [1.165, 1.54) is 0 Å². The van der Waals surface area contributed by atoms with Gasteiger partial charge in [-0.15, -0.1) is 0 Å². The van der Waals surface area contributed by atoms with Gasteiger partial charge in [0, 0.05) is 5.02 Å². The van der Waals surface area contributed by atoms with E-state index in [-0.39, 0.29) is 18.7 Å². The Kier molecular flexibility index (Phi) is 4.10. The third-order valence-corrected chi connectivity index (χ3v) is 3.88. The van der Waals surface area contributed by atoms with Gasteiger partial charge in [0.2, 0.25) is 5.91 Å². The van der Waals surface area contributed by atoms with Gasteiger partial charge in [0.15, 0.2) is 0 Å². The fourth-order valence-electron chi connectivity index (χ4n) is 2.39. The minimum Gasteiger partial charge on any atom is -0.481 e. The number of hydrogen-bond acceptors (Lipinski definition) is 2. The van der Waals surface area contributed by atoms with Crippen molar-refractivity contribution in [3.05, 3.63) is 34.9 Å². The molecular weight excluding hydrogens is 266 g/mol. The van der Waals surface area contributed by atoms with E-state index in [4.69, 9.17) is 16.7 Å². The lowest BCUT2D eigenvalue weighted by molar-refractivity contribution is -0.140. The SMILES string of the molecule is O=C(O)CC1(NC(=O)Cc2ccccc2Cl)CCC1. The molecule has 0 radical (unpaired) electrons. The summed E-state index contributed by atoms with van der Waals surface area (Å²) in [5.74, 6) is -1.05. The third kappa shape index (κ3) is 3.47. The van der Waals surface area contributed by atoms with E-state index in [1.54, 1.807) is 12.1 Å². The predicted octanol–water partition coefficient (Wildman–Crippen LogP) is 2.40. The van der Waals surface area contributed by atoms with Crippen LogP contribution in [0.3, 0.4) is 0 Å². The molecule has 1 fully saturated rings. The van der Waals surface area contributed by atoms with E-state index in [9.17, 15) is 9.59 Å². The largest absolute Gasteiger partial charge is 0.481 e. The zero-order chi connectivity index (χ0) is 13.9. The van der Waals surface area contributed by atoms with Gasteiger partial charge in [-0.25, -0.2) is 0 Å². The fourth-order valence-corrected chi connectivity index (χ4v) is 2.60. The average Bonchev–Trinajstić information content (AvgIpc) is 2.28. The Morgan fingerprint density at radius 1 is 1.32 bits per heavy atom. The molecule has 5 heteroatoms. The topological polar surface area (TPSA) is 66.4 Å². The monoisotopic (exact) mass is 281 g/mol. The lowest BCUT2D eigenvalue weighted by Gasteiger charge is -2.41. The molecule has 1 aromatic carbocycles. The lowest BCUT2D eigenvalue weighted by Crippen LogP contribution is -2.55. The van der Waals surface area contributed by atoms with Crippen molar-refractivity contribution in [2.45, 2.75) is 37.6 Å². The molecule has 1 aliphatic rings. The van der Waals surface area contributed by atoms with Gasteiger partial charge in [0.1, 0.15) is 0 Å². The number of benzene rings is 1. The number of amides is 1. The summed E-state index contributed by atoms with van der Waals surface area (Å²) in [6.07, 6.45) is 2.59. The van der Waals surface area contributed by atoms with Crippen LogP contribution in [0, 0.1) is 0 Å². The molecule has 102 valence electrons. The van der Waals surface area contributed by atoms with Gasteiger partial charge in [0.25, 0.3) is 0 Å². The molecule has 0 unspecified atom stereocenters. The number of nitrogens with one attached hydrogen (secondary N) is 1. The molecule has 1 saturated carbocycles. The Morgan fingerprint density at radius 3 is 2.53 bits per heavy atom. The zero-order valence-corrected chi connectivity index (χ0v) is 11.2. The Bertz CT molecular complexity index is 497. The van der Waals surface area contributed by atoms with E-state index in [2.05, 4.69) is 5.32 Å². The van der Waals surface area contributed by atoms with E-state index >= 15 is 0 Å². The highest BCUT2D eigenvalue weighted by molar-refractivity contribution is 6.31. The second-order valence-electron chi connectivity index (χ2n) is 5.02. The number of halogens is 1. The van der Waals surface area contributed by atoms with E-state index in [0.29, 0.717) is 5.02 Å². The molecule has 19 heavy (non-hydrogen) atoms. The number of carboxylic acid groups (broad SMARTS) is 1. The van der Waals surface area contributed by atoms with Crippen LogP contribution in [0.2, 0.25) is 5.02 Å². The molecule has 2 N–H and O–H groups in total. The van der Waals surface area contributed by atoms with Crippen molar-refractivity contribution in [2.24, 2.45) is 0 Å². The van der Waals surface area contributed by atoms with Crippen molar-refractivity contribution >= 4 is 23.5 Å². The average molecular weight is 282 g/mol. The Labute approximate surface area is 116 Å². The van der Waals surface area contributed by atoms with Gasteiger partial charge in [-0.05, 0) is 30.9 Å². The van der Waals surface area contributed by atoms with Crippen LogP contribution < -0.4 is 5.32 Å². The van der Waals surface area contributed by atoms with Crippen LogP contribution in [0.15, 0.2) is 24.3 Å². The molecule has 0 heterocycles. The molecule has 0 aromatic heterocycles. The maximum Gasteiger partial charge on any atom is 0.305 e. The second kappa shape index (κ2) is 5.61. The molecule has 1 aromatic rings. The highest BCUT2D eigenvalue weighted by atomic mass is 35.5. The van der Waals surface area contributed by atoms with Crippen LogP contribution in [0.4, 0.5) is 0 Å². The number of rotatable bonds is 5. The molecule has 0 saturated heterocycles. The Morgan fingerprint density at radius 2 is 2.00 bits per heavy atom. The maximum absolute atomic E-state index is 12.0. The van der Waals surface area contributed by atoms with Crippen molar-refractivity contribution in [1.82, 2.24) is 5.32 Å². The van der Waals surface area contributed by atoms with Crippen LogP contribution in [-0.2, 0) is 16.0 Å². The molecule has 1 amide bonds. The minimum absolute atomic E-state index is 0.0126. The summed E-state index contributed by atoms with van der Waals surface area (Å²) in [5.41, 5.74) is 0.205. The summed E-state index contributed by atoms with van der Waals surface area (Å²) < 4.78 is 0. The zero-order valence-electron chi connectivity index (χ0n) is 10.5. The van der Waals surface area contributed by atoms with Gasteiger partial charge in [-0.3, -0.25) is 9.59 Å². The molecule has 0 bridgehead atoms. The maximum atomic E-state index is 12.0. The highest BCUT2D eigenvalue weighted by Crippen LogP contribution is 2.35. The summed E-state index contributed by atoms with van der Waals surface area (Å²) in [7, 11) is 0. The van der Waals surface area contributed by atoms with Crippen LogP contribution in [0.5, 0.6) is 0 Å². The van der Waals surface area contributed by atoms with Crippen LogP contribution in [-0.4, -0.2) is 22.5 Å². The summed E-state index contributed by atoms with van der Waals surface area (Å²) in [4.78, 5) is 22.8. The molecule has 1 aliphatic carbocycles. The van der Waals surface area contributed by atoms with Gasteiger partial charge in [0.05, 0.1) is 18.4 Å². The summed E-state index contributed by atoms with van der Waals surface area (Å²) in [6, 6.07) is 7.17. The van der Waals surface area contributed by atoms with E-state index in [1.807, 2.05) is 12.1 Å². The number of aliphatic carboxylic acids is 1. The van der Waals surface area contributed by atoms with Crippen LogP contribution >= 0.6 is 11.6 Å². The first-order valence-corrected chi connectivity index (χ1v) is 6.65. The van der Waals surface area contributed by atoms with E-state index in [0.717, 1.165) is 24.8 Å². The van der Waals surface area contributed by atoms with Crippen LogP contribution in [0.25, 0.3) is 0 Å². The lowest BCUT2D eigenvalue weighted by atomic mass is 9.74. The Balaban J connectivity index is 1.97. The van der Waals surface area contributed by atoms with Crippen molar-refractivity contribution in [1.29, 1.82) is 0 Å². The first kappa shape index (κ1) is 13.9. The second-order valence-corrected chi connectivity index (χ2v) is 5.43. The normalized spacial score (nSPS) is 16.5. The van der Waals surface area contributed by atoms with E-state index < -0.39 is 11.5 Å². The van der Waals surface area contributed by atoms with Gasteiger partial charge < -0.3 is 10.4 Å². The standard InChI is InChI=1S/C14H16ClNO3/c15-11-5-2-1-4-10(11)8-12(17)16-14(6-3-7-14)9-13(18)19/h1-2,4-5H,3,6-9H2,(H,16,17)(H,18,19). The summed E-state index contributed by atoms with van der Waals surface area (Å²) >= 11 is 6.00. The molecule has 0 spiro atoms. The molecule has 0 atom stereocenters. The summed E-state index contributed by atoms with van der Waals surface area (Å²) in [5, 5.41) is 12.3. The van der Waals surface area contributed by atoms with Crippen molar-refractivity contribution in [2.75, 3.05) is 0 Å². The number of carbonyl (C=O) groups is 2. The van der Waals surface area contributed by atoms with Crippen molar-refractivity contribution < 1.29 is 14.7 Å². The van der Waals surface area contributed by atoms with Gasteiger partial charge in [-0.2, -0.15) is 0 Å². The first-order valence-electron chi connectivity index (χ1n) is 6.27. The van der Waals surface area contributed by atoms with Crippen LogP contribution in [0.1, 0.15) is 31.2 Å². The van der Waals surface area contributed by atoms with Gasteiger partial charge in [-0.1, -0.05) is 29.8 Å². The molecule has 2 rings (SSSR count). The highest BCUT2D eigenvalue weighted by Gasteiger charge is 2.40. The quantitative estimate of drug-likeness (QED) is 0.871. The molecule has 4 nitrogen and oxygen atoms in total. The minimum atomic E-state index is -0.877. The number of hydrogen-bond donors (Lipinski definition) is 2. The third-order valence-electron chi connectivity index (χ3n) is 3.51. The first-order chi connectivity index (χ1) is 9.01. The smallest absolute Gasteiger partial charge is 0.305 e. The Hall–Kier alpha value is -1.55. The van der Waals surface area contributed by atoms with Crippen molar-refractivity contribution in [3.8, 4) is 0 Å². The van der Waals surface area contributed by atoms with Gasteiger partial charge >= 0.3 is 5.97 Å². The predicted molar refractivity (Wildman–Crippen MR) is 72.1 cm³/mol. The number of carboxylic acids is 1. The fraction of sp³-hybridized carbons (Fsp3) is 0.429.